The van der Waals surface area contributed by atoms with Gasteiger partial charge < -0.3 is 8.83 Å². The summed E-state index contributed by atoms with van der Waals surface area (Å²) in [6.45, 7) is 0. The summed E-state index contributed by atoms with van der Waals surface area (Å²) in [4.78, 5) is 0. The molecular formula is C66H38O2. The fourth-order valence-corrected chi connectivity index (χ4v) is 11.7. The first kappa shape index (κ1) is 37.3. The highest BCUT2D eigenvalue weighted by atomic mass is 16.4. The molecule has 0 saturated carbocycles. The third-order valence-corrected chi connectivity index (χ3v) is 14.6. The minimum atomic E-state index is 0.771. The predicted octanol–water partition coefficient (Wildman–Crippen LogP) is 19.1. The normalized spacial score (nSPS) is 12.1. The van der Waals surface area contributed by atoms with Crippen LogP contribution in [0.3, 0.4) is 0 Å². The highest BCUT2D eigenvalue weighted by Gasteiger charge is 2.24. The molecule has 2 nitrogen and oxygen atoms in total. The van der Waals surface area contributed by atoms with Gasteiger partial charge in [0.15, 0.2) is 11.2 Å². The quantitative estimate of drug-likeness (QED) is 0.165. The van der Waals surface area contributed by atoms with Crippen molar-refractivity contribution in [3.05, 3.63) is 231 Å². The fraction of sp³-hybridized carbons (Fsp3) is 0. The van der Waals surface area contributed by atoms with E-state index in [4.69, 9.17) is 8.83 Å². The molecule has 0 N–H and O–H groups in total. The number of hydrogen-bond donors (Lipinski definition) is 0. The van der Waals surface area contributed by atoms with E-state index in [0.717, 1.165) is 65.8 Å². The first-order valence-electron chi connectivity index (χ1n) is 23.4. The summed E-state index contributed by atoms with van der Waals surface area (Å²) in [5.41, 5.74) is 12.8. The lowest BCUT2D eigenvalue weighted by Gasteiger charge is -2.18. The molecule has 13 aromatic carbocycles. The van der Waals surface area contributed by atoms with Gasteiger partial charge in [0.1, 0.15) is 11.2 Å². The van der Waals surface area contributed by atoms with Crippen LogP contribution in [0, 0.1) is 0 Å². The Balaban J connectivity index is 0.953. The Hall–Kier alpha value is -8.98. The van der Waals surface area contributed by atoms with Crippen molar-refractivity contribution >= 4 is 109 Å². The average molecular weight is 863 g/mol. The molecule has 2 aromatic heterocycles. The zero-order chi connectivity index (χ0) is 44.5. The van der Waals surface area contributed by atoms with Crippen molar-refractivity contribution in [2.24, 2.45) is 0 Å². The maximum Gasteiger partial charge on any atom is 0.179 e. The number of hydrogen-bond acceptors (Lipinski definition) is 2. The minimum absolute atomic E-state index is 0.771. The summed E-state index contributed by atoms with van der Waals surface area (Å²) < 4.78 is 14.2. The summed E-state index contributed by atoms with van der Waals surface area (Å²) in [5, 5.41) is 18.8. The van der Waals surface area contributed by atoms with E-state index in [1.807, 2.05) is 0 Å². The van der Waals surface area contributed by atoms with Gasteiger partial charge in [-0.2, -0.15) is 0 Å². The summed E-state index contributed by atoms with van der Waals surface area (Å²) in [6.07, 6.45) is 0. The predicted molar refractivity (Wildman–Crippen MR) is 288 cm³/mol. The Morgan fingerprint density at radius 2 is 0.529 bits per heavy atom. The van der Waals surface area contributed by atoms with E-state index >= 15 is 0 Å². The fourth-order valence-electron chi connectivity index (χ4n) is 11.7. The molecule has 0 aliphatic carbocycles. The van der Waals surface area contributed by atoms with Gasteiger partial charge in [-0.25, -0.2) is 0 Å². The maximum atomic E-state index is 7.12. The molecule has 314 valence electrons. The van der Waals surface area contributed by atoms with Crippen molar-refractivity contribution in [2.45, 2.75) is 0 Å². The first-order chi connectivity index (χ1) is 33.7. The van der Waals surface area contributed by atoms with Crippen molar-refractivity contribution in [1.29, 1.82) is 0 Å². The highest BCUT2D eigenvalue weighted by molar-refractivity contribution is 6.34. The molecule has 0 atom stereocenters. The van der Waals surface area contributed by atoms with Gasteiger partial charge in [0, 0.05) is 21.5 Å². The lowest BCUT2D eigenvalue weighted by atomic mass is 9.85. The van der Waals surface area contributed by atoms with Crippen LogP contribution < -0.4 is 0 Å². The molecule has 2 heterocycles. The molecule has 0 radical (unpaired) electrons. The Labute approximate surface area is 390 Å². The number of benzene rings is 13. The second-order valence-electron chi connectivity index (χ2n) is 18.2. The zero-order valence-corrected chi connectivity index (χ0v) is 36.8. The molecule has 0 amide bonds. The van der Waals surface area contributed by atoms with Crippen LogP contribution in [0.25, 0.3) is 153 Å². The molecule has 0 aliphatic rings. The van der Waals surface area contributed by atoms with Crippen molar-refractivity contribution in [1.82, 2.24) is 0 Å². The van der Waals surface area contributed by atoms with Gasteiger partial charge in [0.2, 0.25) is 0 Å². The van der Waals surface area contributed by atoms with Gasteiger partial charge in [0.25, 0.3) is 0 Å². The summed E-state index contributed by atoms with van der Waals surface area (Å²) >= 11 is 0. The molecule has 0 fully saturated rings. The van der Waals surface area contributed by atoms with Crippen LogP contribution in [0.4, 0.5) is 0 Å². The molecule has 2 heteroatoms. The Kier molecular flexibility index (Phi) is 7.81. The monoisotopic (exact) mass is 862 g/mol. The molecule has 15 rings (SSSR count). The topological polar surface area (TPSA) is 26.3 Å². The van der Waals surface area contributed by atoms with Crippen LogP contribution in [0.2, 0.25) is 0 Å². The van der Waals surface area contributed by atoms with Crippen LogP contribution in [0.1, 0.15) is 0 Å². The third-order valence-electron chi connectivity index (χ3n) is 14.6. The van der Waals surface area contributed by atoms with Crippen molar-refractivity contribution in [3.8, 4) is 44.5 Å². The molecule has 0 bridgehead atoms. The van der Waals surface area contributed by atoms with Gasteiger partial charge in [-0.15, -0.1) is 0 Å². The van der Waals surface area contributed by atoms with Crippen LogP contribution in [0.5, 0.6) is 0 Å². The molecule has 15 aromatic rings. The van der Waals surface area contributed by atoms with Crippen molar-refractivity contribution < 1.29 is 8.83 Å². The van der Waals surface area contributed by atoms with Crippen LogP contribution >= 0.6 is 0 Å². The number of fused-ring (bicyclic) bond motifs is 15. The molecule has 0 saturated heterocycles. The van der Waals surface area contributed by atoms with Crippen molar-refractivity contribution in [3.63, 3.8) is 0 Å². The SMILES string of the molecule is c1ccc(-c2c3ccccc3c(-c3ccc4c(c3)oc3c5oc6cc(-c7c8ccccc8c(-c8ccc9ccccc9c8)c8ccccc78)ccc6c5c5ccccc5c43)c3ccccc23)cc1. The molecule has 0 aliphatic heterocycles. The maximum absolute atomic E-state index is 7.12. The number of rotatable bonds is 4. The van der Waals surface area contributed by atoms with Gasteiger partial charge in [-0.3, -0.25) is 0 Å². The van der Waals surface area contributed by atoms with Crippen LogP contribution in [-0.4, -0.2) is 0 Å². The molecule has 68 heavy (non-hydrogen) atoms. The summed E-state index contributed by atoms with van der Waals surface area (Å²) in [6, 6.07) is 83.8. The average Bonchev–Trinajstić information content (AvgIpc) is 3.98. The Morgan fingerprint density at radius 3 is 0.956 bits per heavy atom. The van der Waals surface area contributed by atoms with Gasteiger partial charge >= 0.3 is 0 Å². The lowest BCUT2D eigenvalue weighted by molar-refractivity contribution is 0.634. The van der Waals surface area contributed by atoms with E-state index in [-0.39, 0.29) is 0 Å². The smallest absolute Gasteiger partial charge is 0.179 e. The second kappa shape index (κ2) is 14.3. The van der Waals surface area contributed by atoms with E-state index < -0.39 is 0 Å². The second-order valence-corrected chi connectivity index (χ2v) is 18.2. The largest absolute Gasteiger partial charge is 0.452 e. The molecule has 0 unspecified atom stereocenters. The lowest BCUT2D eigenvalue weighted by Crippen LogP contribution is -1.91. The summed E-state index contributed by atoms with van der Waals surface area (Å²) in [5.74, 6) is 0. The Bertz CT molecular complexity index is 4490. The van der Waals surface area contributed by atoms with E-state index in [1.165, 1.54) is 87.2 Å². The zero-order valence-electron chi connectivity index (χ0n) is 36.8. The van der Waals surface area contributed by atoms with Crippen molar-refractivity contribution in [2.75, 3.05) is 0 Å². The van der Waals surface area contributed by atoms with Gasteiger partial charge in [-0.1, -0.05) is 200 Å². The van der Waals surface area contributed by atoms with Crippen LogP contribution in [0.15, 0.2) is 239 Å². The van der Waals surface area contributed by atoms with E-state index in [1.54, 1.807) is 0 Å². The standard InChI is InChI=1S/C66H38O2/c1-2-17-40(18-3-1)59-45-20-6-8-22-47(45)61(48-23-9-7-21-46(48)59)43-32-34-55-57(37-43)67-65-63(55)53-28-14-15-29-54(53)64-56-35-33-44(38-58(56)68-66(64)65)62-51-26-12-10-24-49(51)60(50-25-11-13-27-52(50)62)42-31-30-39-16-4-5-19-41(39)36-42/h1-38H. The highest BCUT2D eigenvalue weighted by Crippen LogP contribution is 2.50. The van der Waals surface area contributed by atoms with Crippen LogP contribution in [-0.2, 0) is 0 Å². The minimum Gasteiger partial charge on any atom is -0.452 e. The van der Waals surface area contributed by atoms with E-state index in [9.17, 15) is 0 Å². The summed E-state index contributed by atoms with van der Waals surface area (Å²) in [7, 11) is 0. The van der Waals surface area contributed by atoms with Gasteiger partial charge in [-0.05, 0) is 139 Å². The van der Waals surface area contributed by atoms with Gasteiger partial charge in [0.05, 0.1) is 0 Å². The first-order valence-corrected chi connectivity index (χ1v) is 23.4. The van der Waals surface area contributed by atoms with E-state index in [0.29, 0.717) is 0 Å². The van der Waals surface area contributed by atoms with E-state index in [2.05, 4.69) is 231 Å². The third kappa shape index (κ3) is 5.28. The molecule has 0 spiro atoms. The Morgan fingerprint density at radius 1 is 0.206 bits per heavy atom. The number of furan rings is 2. The molecular weight excluding hydrogens is 825 g/mol.